The van der Waals surface area contributed by atoms with Crippen LogP contribution in [0.4, 0.5) is 5.69 Å². The van der Waals surface area contributed by atoms with Gasteiger partial charge in [-0.1, -0.05) is 6.07 Å². The molecule has 0 fully saturated rings. The maximum Gasteiger partial charge on any atom is 0.260 e. The lowest BCUT2D eigenvalue weighted by molar-refractivity contribution is -0.127. The first kappa shape index (κ1) is 13.3. The van der Waals surface area contributed by atoms with E-state index in [1.54, 1.807) is 38.3 Å². The van der Waals surface area contributed by atoms with Crippen molar-refractivity contribution >= 4 is 11.6 Å². The lowest BCUT2D eigenvalue weighted by atomic mass is 10.3. The zero-order chi connectivity index (χ0) is 12.7. The lowest BCUT2D eigenvalue weighted by Crippen LogP contribution is -2.37. The molecule has 1 aromatic rings. The predicted octanol–water partition coefficient (Wildman–Crippen LogP) is 0.799. The van der Waals surface area contributed by atoms with Crippen molar-refractivity contribution in [1.82, 2.24) is 5.32 Å². The zero-order valence-corrected chi connectivity index (χ0v) is 10.1. The van der Waals surface area contributed by atoms with Crippen LogP contribution in [0.15, 0.2) is 24.3 Å². The van der Waals surface area contributed by atoms with E-state index in [9.17, 15) is 4.79 Å². The monoisotopic (exact) mass is 238 g/mol. The molecule has 0 aliphatic rings. The van der Waals surface area contributed by atoms with E-state index in [1.165, 1.54) is 0 Å². The van der Waals surface area contributed by atoms with Gasteiger partial charge in [0.1, 0.15) is 5.75 Å². The summed E-state index contributed by atoms with van der Waals surface area (Å²) in [6.45, 7) is 2.64. The Morgan fingerprint density at radius 1 is 1.53 bits per heavy atom. The predicted molar refractivity (Wildman–Crippen MR) is 65.8 cm³/mol. The number of hydrogen-bond donors (Lipinski definition) is 2. The Morgan fingerprint density at radius 2 is 2.29 bits per heavy atom. The fraction of sp³-hybridized carbons (Fsp3) is 0.417. The van der Waals surface area contributed by atoms with Gasteiger partial charge in [-0.25, -0.2) is 0 Å². The summed E-state index contributed by atoms with van der Waals surface area (Å²) in [6.07, 6.45) is -0.561. The van der Waals surface area contributed by atoms with Crippen LogP contribution in [0.2, 0.25) is 0 Å². The van der Waals surface area contributed by atoms with E-state index in [1.807, 2.05) is 0 Å². The van der Waals surface area contributed by atoms with E-state index in [4.69, 9.17) is 15.2 Å². The number of anilines is 1. The number of hydrogen-bond acceptors (Lipinski definition) is 4. The summed E-state index contributed by atoms with van der Waals surface area (Å²) < 4.78 is 10.3. The topological polar surface area (TPSA) is 73.6 Å². The van der Waals surface area contributed by atoms with Crippen molar-refractivity contribution in [2.45, 2.75) is 13.0 Å². The second-order valence-electron chi connectivity index (χ2n) is 3.62. The molecule has 0 radical (unpaired) electrons. The van der Waals surface area contributed by atoms with Crippen LogP contribution in [-0.4, -0.2) is 32.3 Å². The normalized spacial score (nSPS) is 11.9. The Kier molecular flexibility index (Phi) is 5.29. The molecule has 1 aromatic carbocycles. The number of amides is 1. The van der Waals surface area contributed by atoms with E-state index < -0.39 is 6.10 Å². The standard InChI is InChI=1S/C12H18N2O3/c1-9(12(15)14-6-7-16-2)17-11-5-3-4-10(13)8-11/h3-5,8-9H,6-7,13H2,1-2H3,(H,14,15)/t9-/m0/s1. The highest BCUT2D eigenvalue weighted by Gasteiger charge is 2.13. The Balaban J connectivity index is 2.43. The quantitative estimate of drug-likeness (QED) is 0.568. The van der Waals surface area contributed by atoms with Crippen LogP contribution >= 0.6 is 0 Å². The van der Waals surface area contributed by atoms with Crippen molar-refractivity contribution in [3.05, 3.63) is 24.3 Å². The molecule has 0 heterocycles. The minimum absolute atomic E-state index is 0.176. The van der Waals surface area contributed by atoms with Crippen LogP contribution in [0.25, 0.3) is 0 Å². The van der Waals surface area contributed by atoms with Crippen molar-refractivity contribution in [2.75, 3.05) is 26.0 Å². The number of carbonyl (C=O) groups excluding carboxylic acids is 1. The van der Waals surface area contributed by atoms with Crippen LogP contribution in [0.1, 0.15) is 6.92 Å². The molecule has 0 aliphatic heterocycles. The van der Waals surface area contributed by atoms with Crippen molar-refractivity contribution in [2.24, 2.45) is 0 Å². The molecular weight excluding hydrogens is 220 g/mol. The van der Waals surface area contributed by atoms with Crippen LogP contribution in [0.3, 0.4) is 0 Å². The van der Waals surface area contributed by atoms with Gasteiger partial charge < -0.3 is 20.5 Å². The number of ether oxygens (including phenoxy) is 2. The van der Waals surface area contributed by atoms with Crippen molar-refractivity contribution in [3.63, 3.8) is 0 Å². The van der Waals surface area contributed by atoms with Crippen LogP contribution in [0, 0.1) is 0 Å². The maximum absolute atomic E-state index is 11.6. The highest BCUT2D eigenvalue weighted by atomic mass is 16.5. The summed E-state index contributed by atoms with van der Waals surface area (Å²) in [6, 6.07) is 6.98. The molecule has 5 heteroatoms. The van der Waals surface area contributed by atoms with E-state index >= 15 is 0 Å². The Hall–Kier alpha value is -1.75. The molecule has 0 saturated carbocycles. The molecule has 1 rings (SSSR count). The Morgan fingerprint density at radius 3 is 2.94 bits per heavy atom. The van der Waals surface area contributed by atoms with Gasteiger partial charge >= 0.3 is 0 Å². The third-order valence-electron chi connectivity index (χ3n) is 2.15. The first-order valence-electron chi connectivity index (χ1n) is 5.42. The van der Waals surface area contributed by atoms with E-state index in [0.29, 0.717) is 24.6 Å². The maximum atomic E-state index is 11.6. The second kappa shape index (κ2) is 6.75. The lowest BCUT2D eigenvalue weighted by Gasteiger charge is -2.14. The van der Waals surface area contributed by atoms with Gasteiger partial charge in [-0.2, -0.15) is 0 Å². The molecule has 94 valence electrons. The fourth-order valence-corrected chi connectivity index (χ4v) is 1.27. The average Bonchev–Trinajstić information content (AvgIpc) is 2.29. The zero-order valence-electron chi connectivity index (χ0n) is 10.1. The largest absolute Gasteiger partial charge is 0.481 e. The average molecular weight is 238 g/mol. The summed E-state index contributed by atoms with van der Waals surface area (Å²) in [5.74, 6) is 0.406. The van der Waals surface area contributed by atoms with Gasteiger partial charge in [0.05, 0.1) is 6.61 Å². The van der Waals surface area contributed by atoms with Gasteiger partial charge in [0, 0.05) is 25.4 Å². The molecule has 1 atom stereocenters. The number of benzene rings is 1. The van der Waals surface area contributed by atoms with Crippen LogP contribution in [-0.2, 0) is 9.53 Å². The minimum Gasteiger partial charge on any atom is -0.481 e. The summed E-state index contributed by atoms with van der Waals surface area (Å²) in [5.41, 5.74) is 6.22. The summed E-state index contributed by atoms with van der Waals surface area (Å²) >= 11 is 0. The van der Waals surface area contributed by atoms with E-state index in [-0.39, 0.29) is 5.91 Å². The van der Waals surface area contributed by atoms with Gasteiger partial charge in [0.2, 0.25) is 0 Å². The Labute approximate surface area is 101 Å². The molecule has 1 amide bonds. The van der Waals surface area contributed by atoms with Gasteiger partial charge in [-0.05, 0) is 19.1 Å². The third kappa shape index (κ3) is 4.74. The van der Waals surface area contributed by atoms with E-state index in [2.05, 4.69) is 5.32 Å². The SMILES string of the molecule is COCCNC(=O)[C@H](C)Oc1cccc(N)c1. The van der Waals surface area contributed by atoms with Gasteiger partial charge in [0.15, 0.2) is 6.10 Å². The highest BCUT2D eigenvalue weighted by molar-refractivity contribution is 5.80. The second-order valence-corrected chi connectivity index (χ2v) is 3.62. The molecule has 3 N–H and O–H groups in total. The number of nitrogen functional groups attached to an aromatic ring is 1. The first-order valence-corrected chi connectivity index (χ1v) is 5.42. The first-order chi connectivity index (χ1) is 8.13. The molecule has 0 aromatic heterocycles. The number of methoxy groups -OCH3 is 1. The molecular formula is C12H18N2O3. The number of carbonyl (C=O) groups is 1. The van der Waals surface area contributed by atoms with Gasteiger partial charge in [-0.3, -0.25) is 4.79 Å². The molecule has 0 aliphatic carbocycles. The summed E-state index contributed by atoms with van der Waals surface area (Å²) in [7, 11) is 1.58. The minimum atomic E-state index is -0.561. The molecule has 0 saturated heterocycles. The Bertz CT molecular complexity index is 369. The molecule has 0 spiro atoms. The van der Waals surface area contributed by atoms with E-state index in [0.717, 1.165) is 0 Å². The molecule has 0 bridgehead atoms. The molecule has 5 nitrogen and oxygen atoms in total. The smallest absolute Gasteiger partial charge is 0.260 e. The van der Waals surface area contributed by atoms with Gasteiger partial charge in [0.25, 0.3) is 5.91 Å². The number of rotatable bonds is 6. The van der Waals surface area contributed by atoms with Crippen molar-refractivity contribution in [3.8, 4) is 5.75 Å². The fourth-order valence-electron chi connectivity index (χ4n) is 1.27. The van der Waals surface area contributed by atoms with Gasteiger partial charge in [-0.15, -0.1) is 0 Å². The van der Waals surface area contributed by atoms with Crippen LogP contribution in [0.5, 0.6) is 5.75 Å². The number of nitrogens with two attached hydrogens (primary N) is 1. The molecule has 0 unspecified atom stereocenters. The van der Waals surface area contributed by atoms with Crippen molar-refractivity contribution < 1.29 is 14.3 Å². The number of nitrogens with one attached hydrogen (secondary N) is 1. The summed E-state index contributed by atoms with van der Waals surface area (Å²) in [5, 5.41) is 2.70. The summed E-state index contributed by atoms with van der Waals surface area (Å²) in [4.78, 5) is 11.6. The highest BCUT2D eigenvalue weighted by Crippen LogP contribution is 2.15. The van der Waals surface area contributed by atoms with Crippen LogP contribution < -0.4 is 15.8 Å². The third-order valence-corrected chi connectivity index (χ3v) is 2.15. The van der Waals surface area contributed by atoms with Crippen molar-refractivity contribution in [1.29, 1.82) is 0 Å². The molecule has 17 heavy (non-hydrogen) atoms.